The monoisotopic (exact) mass is 292 g/mol. The van der Waals surface area contributed by atoms with Gasteiger partial charge in [-0.25, -0.2) is 4.98 Å². The summed E-state index contributed by atoms with van der Waals surface area (Å²) in [6, 6.07) is 0. The van der Waals surface area contributed by atoms with E-state index < -0.39 is 16.6 Å². The number of hydrogen-bond donors (Lipinski definition) is 0. The number of nitrogens with zero attached hydrogens (tertiary/aromatic N) is 2. The third-order valence-corrected chi connectivity index (χ3v) is 4.03. The Morgan fingerprint density at radius 3 is 2.47 bits per heavy atom. The second-order valence-electron chi connectivity index (χ2n) is 5.61. The van der Waals surface area contributed by atoms with Gasteiger partial charge in [0.2, 0.25) is 5.91 Å². The van der Waals surface area contributed by atoms with Crippen LogP contribution in [0.5, 0.6) is 0 Å². The number of alkyl halides is 3. The van der Waals surface area contributed by atoms with E-state index in [1.54, 1.807) is 25.7 Å². The third kappa shape index (κ3) is 2.91. The lowest BCUT2D eigenvalue weighted by atomic mass is 9.94. The largest absolute Gasteiger partial charge is 0.443 e. The summed E-state index contributed by atoms with van der Waals surface area (Å²) in [6.45, 7) is 6.08. The third-order valence-electron chi connectivity index (χ3n) is 2.90. The molecule has 1 amide bonds. The molecule has 0 atom stereocenters. The van der Waals surface area contributed by atoms with Crippen LogP contribution in [0.2, 0.25) is 0 Å². The normalized spacial score (nSPS) is 16.4. The minimum Gasteiger partial charge on any atom is -0.337 e. The smallest absolute Gasteiger partial charge is 0.337 e. The van der Waals surface area contributed by atoms with Crippen LogP contribution in [0, 0.1) is 5.41 Å². The van der Waals surface area contributed by atoms with Crippen LogP contribution >= 0.6 is 11.3 Å². The van der Waals surface area contributed by atoms with Gasteiger partial charge in [0.25, 0.3) is 0 Å². The van der Waals surface area contributed by atoms with Gasteiger partial charge in [0, 0.05) is 23.3 Å². The molecule has 0 radical (unpaired) electrons. The molecule has 0 spiro atoms. The quantitative estimate of drug-likeness (QED) is 0.736. The molecule has 0 fully saturated rings. The van der Waals surface area contributed by atoms with Crippen LogP contribution in [-0.2, 0) is 23.9 Å². The van der Waals surface area contributed by atoms with Gasteiger partial charge < -0.3 is 4.90 Å². The highest BCUT2D eigenvalue weighted by Crippen LogP contribution is 2.36. The number of halogens is 3. The molecule has 0 aromatic carbocycles. The second kappa shape index (κ2) is 4.47. The number of aromatic nitrogens is 1. The maximum absolute atomic E-state index is 12.6. The molecule has 1 aromatic rings. The topological polar surface area (TPSA) is 33.2 Å². The zero-order valence-electron chi connectivity index (χ0n) is 11.0. The van der Waals surface area contributed by atoms with E-state index in [-0.39, 0.29) is 12.5 Å². The number of carbonyl (C=O) groups is 1. The van der Waals surface area contributed by atoms with Crippen molar-refractivity contribution in [3.63, 3.8) is 0 Å². The molecular weight excluding hydrogens is 277 g/mol. The van der Waals surface area contributed by atoms with E-state index in [9.17, 15) is 18.0 Å². The van der Waals surface area contributed by atoms with Crippen molar-refractivity contribution in [3.05, 3.63) is 15.6 Å². The Hall–Kier alpha value is -1.11. The Balaban J connectivity index is 2.21. The first-order chi connectivity index (χ1) is 8.59. The highest BCUT2D eigenvalue weighted by molar-refractivity contribution is 7.11. The van der Waals surface area contributed by atoms with Crippen LogP contribution in [0.4, 0.5) is 13.2 Å². The van der Waals surface area contributed by atoms with Gasteiger partial charge in [0.15, 0.2) is 5.01 Å². The summed E-state index contributed by atoms with van der Waals surface area (Å²) < 4.78 is 37.8. The molecule has 0 aliphatic carbocycles. The molecule has 1 aliphatic rings. The second-order valence-corrected chi connectivity index (χ2v) is 6.70. The molecule has 2 rings (SSSR count). The van der Waals surface area contributed by atoms with E-state index in [2.05, 4.69) is 4.98 Å². The Morgan fingerprint density at radius 2 is 1.95 bits per heavy atom. The summed E-state index contributed by atoms with van der Waals surface area (Å²) in [4.78, 5) is 17.9. The average molecular weight is 292 g/mol. The minimum atomic E-state index is -4.40. The van der Waals surface area contributed by atoms with Gasteiger partial charge in [-0.05, 0) is 0 Å². The number of amides is 1. The van der Waals surface area contributed by atoms with Gasteiger partial charge in [-0.2, -0.15) is 13.2 Å². The number of hydrogen-bond acceptors (Lipinski definition) is 3. The molecule has 0 unspecified atom stereocenters. The molecule has 7 heteroatoms. The van der Waals surface area contributed by atoms with Gasteiger partial charge in [0.1, 0.15) is 0 Å². The zero-order valence-corrected chi connectivity index (χ0v) is 11.8. The average Bonchev–Trinajstić information content (AvgIpc) is 2.68. The first-order valence-electron chi connectivity index (χ1n) is 5.94. The van der Waals surface area contributed by atoms with Gasteiger partial charge in [0.05, 0.1) is 12.2 Å². The molecule has 1 aliphatic heterocycles. The van der Waals surface area contributed by atoms with Crippen LogP contribution in [0.1, 0.15) is 36.3 Å². The molecule has 0 bridgehead atoms. The molecule has 1 aromatic heterocycles. The fraction of sp³-hybridized carbons (Fsp3) is 0.667. The molecule has 0 saturated carbocycles. The van der Waals surface area contributed by atoms with Gasteiger partial charge in [-0.3, -0.25) is 4.79 Å². The van der Waals surface area contributed by atoms with Crippen molar-refractivity contribution in [1.29, 1.82) is 0 Å². The minimum absolute atomic E-state index is 0.0416. The Bertz CT molecular complexity index is 502. The highest BCUT2D eigenvalue weighted by Gasteiger charge is 2.38. The molecule has 19 heavy (non-hydrogen) atoms. The van der Waals surface area contributed by atoms with Crippen LogP contribution in [0.25, 0.3) is 0 Å². The van der Waals surface area contributed by atoms with E-state index in [1.165, 1.54) is 0 Å². The predicted octanol–water partition coefficient (Wildman–Crippen LogP) is 3.09. The Labute approximate surface area is 113 Å². The number of thiazole rings is 1. The summed E-state index contributed by atoms with van der Waals surface area (Å²) in [7, 11) is 0. The standard InChI is InChI=1S/C12H15F3N2OS/c1-11(2,3)10(18)17-5-4-7-8(6-17)19-9(16-7)12(13,14)15/h4-6H2,1-3H3. The van der Waals surface area contributed by atoms with Crippen molar-refractivity contribution in [2.45, 2.75) is 39.9 Å². The van der Waals surface area contributed by atoms with Crippen LogP contribution in [0.3, 0.4) is 0 Å². The molecule has 106 valence electrons. The van der Waals surface area contributed by atoms with Crippen LogP contribution in [-0.4, -0.2) is 22.3 Å². The zero-order chi connectivity index (χ0) is 14.4. The van der Waals surface area contributed by atoms with Crippen LogP contribution in [0.15, 0.2) is 0 Å². The predicted molar refractivity (Wildman–Crippen MR) is 65.7 cm³/mol. The summed E-state index contributed by atoms with van der Waals surface area (Å²) >= 11 is 0.644. The van der Waals surface area contributed by atoms with Crippen molar-refractivity contribution in [1.82, 2.24) is 9.88 Å². The Kier molecular flexibility index (Phi) is 3.36. The van der Waals surface area contributed by atoms with Crippen molar-refractivity contribution in [3.8, 4) is 0 Å². The van der Waals surface area contributed by atoms with Gasteiger partial charge in [-0.1, -0.05) is 20.8 Å². The maximum Gasteiger partial charge on any atom is 0.443 e. The summed E-state index contributed by atoms with van der Waals surface area (Å²) in [6.07, 6.45) is -4.01. The maximum atomic E-state index is 12.6. The summed E-state index contributed by atoms with van der Waals surface area (Å²) in [5, 5.41) is -0.817. The van der Waals surface area contributed by atoms with Gasteiger partial charge >= 0.3 is 6.18 Å². The lowest BCUT2D eigenvalue weighted by Gasteiger charge is -2.31. The van der Waals surface area contributed by atoms with E-state index in [0.29, 0.717) is 34.9 Å². The van der Waals surface area contributed by atoms with E-state index >= 15 is 0 Å². The summed E-state index contributed by atoms with van der Waals surface area (Å²) in [5.41, 5.74) is -0.0371. The number of rotatable bonds is 0. The first-order valence-corrected chi connectivity index (χ1v) is 6.76. The SMILES string of the molecule is CC(C)(C)C(=O)N1CCc2nc(C(F)(F)F)sc2C1. The molecule has 3 nitrogen and oxygen atoms in total. The van der Waals surface area contributed by atoms with E-state index in [4.69, 9.17) is 0 Å². The van der Waals surface area contributed by atoms with Crippen molar-refractivity contribution >= 4 is 17.2 Å². The Morgan fingerprint density at radius 1 is 1.32 bits per heavy atom. The van der Waals surface area contributed by atoms with E-state index in [0.717, 1.165) is 0 Å². The first kappa shape index (κ1) is 14.3. The lowest BCUT2D eigenvalue weighted by Crippen LogP contribution is -2.42. The van der Waals surface area contributed by atoms with Gasteiger partial charge in [-0.15, -0.1) is 11.3 Å². The fourth-order valence-electron chi connectivity index (χ4n) is 1.96. The fourth-order valence-corrected chi connectivity index (χ4v) is 2.96. The van der Waals surface area contributed by atoms with E-state index in [1.807, 2.05) is 0 Å². The highest BCUT2D eigenvalue weighted by atomic mass is 32.1. The van der Waals surface area contributed by atoms with Crippen molar-refractivity contribution in [2.75, 3.05) is 6.54 Å². The number of carbonyl (C=O) groups excluding carboxylic acids is 1. The lowest BCUT2D eigenvalue weighted by molar-refractivity contribution is -0.140. The molecule has 0 saturated heterocycles. The van der Waals surface area contributed by atoms with Crippen molar-refractivity contribution in [2.24, 2.45) is 5.41 Å². The summed E-state index contributed by atoms with van der Waals surface area (Å²) in [5.74, 6) is -0.0416. The number of fused-ring (bicyclic) bond motifs is 1. The molecular formula is C12H15F3N2OS. The molecule has 2 heterocycles. The molecule has 0 N–H and O–H groups in total. The van der Waals surface area contributed by atoms with Crippen molar-refractivity contribution < 1.29 is 18.0 Å². The van der Waals surface area contributed by atoms with Crippen LogP contribution < -0.4 is 0 Å².